The van der Waals surface area contributed by atoms with Crippen LogP contribution in [-0.2, 0) is 14.4 Å². The van der Waals surface area contributed by atoms with E-state index in [4.69, 9.17) is 5.73 Å². The fourth-order valence-corrected chi connectivity index (χ4v) is 5.82. The van der Waals surface area contributed by atoms with Gasteiger partial charge in [0.2, 0.25) is 17.7 Å². The summed E-state index contributed by atoms with van der Waals surface area (Å²) < 4.78 is 0. The third kappa shape index (κ3) is 4.95. The molecule has 10 nitrogen and oxygen atoms in total. The molecule has 0 aromatic carbocycles. The number of urea groups is 1. The second kappa shape index (κ2) is 9.87. The van der Waals surface area contributed by atoms with Gasteiger partial charge in [0.25, 0.3) is 0 Å². The Morgan fingerprint density at radius 3 is 2.52 bits per heavy atom. The van der Waals surface area contributed by atoms with Gasteiger partial charge in [0.05, 0.1) is 5.92 Å². The minimum absolute atomic E-state index is 0.0225. The van der Waals surface area contributed by atoms with Gasteiger partial charge in [0.1, 0.15) is 6.54 Å². The lowest BCUT2D eigenvalue weighted by Gasteiger charge is -2.50. The summed E-state index contributed by atoms with van der Waals surface area (Å²) in [6.07, 6.45) is 7.41. The Bertz CT molecular complexity index is 783. The highest BCUT2D eigenvalue weighted by Crippen LogP contribution is 2.40. The highest BCUT2D eigenvalue weighted by atomic mass is 16.2. The SMILES string of the molecule is CC(C)CCN1C(=O)C2CCC(C(=O)NC3CCCCC3)CC2N2C(=O)N(CC(N)=O)NC12. The maximum Gasteiger partial charge on any atom is 0.337 e. The van der Waals surface area contributed by atoms with Crippen molar-refractivity contribution in [1.29, 1.82) is 0 Å². The summed E-state index contributed by atoms with van der Waals surface area (Å²) in [5.41, 5.74) is 8.38. The van der Waals surface area contributed by atoms with Gasteiger partial charge in [-0.05, 0) is 44.4 Å². The molecule has 4 atom stereocenters. The van der Waals surface area contributed by atoms with Gasteiger partial charge < -0.3 is 16.0 Å². The Kier molecular flexibility index (Phi) is 7.11. The topological polar surface area (TPSA) is 128 Å². The molecule has 2 saturated carbocycles. The Balaban J connectivity index is 1.52. The Morgan fingerprint density at radius 1 is 1.12 bits per heavy atom. The first-order valence-corrected chi connectivity index (χ1v) is 12.5. The normalized spacial score (nSPS) is 30.5. The van der Waals surface area contributed by atoms with Gasteiger partial charge >= 0.3 is 6.03 Å². The van der Waals surface area contributed by atoms with Crippen LogP contribution < -0.4 is 16.5 Å². The summed E-state index contributed by atoms with van der Waals surface area (Å²) in [5, 5.41) is 4.42. The van der Waals surface area contributed by atoms with Crippen LogP contribution in [0.2, 0.25) is 0 Å². The highest BCUT2D eigenvalue weighted by Gasteiger charge is 2.56. The summed E-state index contributed by atoms with van der Waals surface area (Å²) in [6, 6.07) is -0.493. The highest BCUT2D eigenvalue weighted by molar-refractivity contribution is 5.88. The van der Waals surface area contributed by atoms with Gasteiger partial charge in [-0.1, -0.05) is 33.1 Å². The largest absolute Gasteiger partial charge is 0.368 e. The van der Waals surface area contributed by atoms with Crippen molar-refractivity contribution in [3.05, 3.63) is 0 Å². The molecule has 10 heteroatoms. The van der Waals surface area contributed by atoms with E-state index < -0.39 is 12.2 Å². The zero-order valence-electron chi connectivity index (χ0n) is 19.8. The quantitative estimate of drug-likeness (QED) is 0.522. The van der Waals surface area contributed by atoms with Crippen LogP contribution in [0.3, 0.4) is 0 Å². The standard InChI is InChI=1S/C23H38N6O4/c1-14(2)10-11-27-21(32)17-9-8-15(20(31)25-16-6-4-3-5-7-16)12-18(17)29-22(27)26-28(23(29)33)13-19(24)30/h14-18,22,26H,3-13H2,1-2H3,(H2,24,30)(H,25,31). The van der Waals surface area contributed by atoms with E-state index in [2.05, 4.69) is 24.6 Å². The van der Waals surface area contributed by atoms with Crippen LogP contribution in [0.5, 0.6) is 0 Å². The molecule has 4 N–H and O–H groups in total. The molecule has 4 unspecified atom stereocenters. The summed E-state index contributed by atoms with van der Waals surface area (Å²) in [7, 11) is 0. The molecule has 4 rings (SSSR count). The van der Waals surface area contributed by atoms with E-state index in [0.717, 1.165) is 32.1 Å². The molecular weight excluding hydrogens is 424 g/mol. The number of nitrogens with zero attached hydrogens (tertiary/aromatic N) is 3. The van der Waals surface area contributed by atoms with Crippen molar-refractivity contribution in [2.24, 2.45) is 23.5 Å². The molecule has 0 bridgehead atoms. The third-order valence-corrected chi connectivity index (χ3v) is 7.64. The van der Waals surface area contributed by atoms with Crippen LogP contribution in [0.25, 0.3) is 0 Å². The van der Waals surface area contributed by atoms with E-state index in [-0.39, 0.29) is 48.3 Å². The lowest BCUT2D eigenvalue weighted by molar-refractivity contribution is -0.159. The lowest BCUT2D eigenvalue weighted by atomic mass is 9.75. The number of primary amides is 1. The first kappa shape index (κ1) is 23.8. The first-order chi connectivity index (χ1) is 15.8. The van der Waals surface area contributed by atoms with E-state index >= 15 is 0 Å². The van der Waals surface area contributed by atoms with Gasteiger partial charge in [0.15, 0.2) is 6.29 Å². The van der Waals surface area contributed by atoms with E-state index in [1.165, 1.54) is 11.4 Å². The van der Waals surface area contributed by atoms with Crippen molar-refractivity contribution in [2.45, 2.75) is 90.0 Å². The van der Waals surface area contributed by atoms with Crippen molar-refractivity contribution >= 4 is 23.8 Å². The predicted octanol–water partition coefficient (Wildman–Crippen LogP) is 1.12. The number of carbonyl (C=O) groups excluding carboxylic acids is 4. The van der Waals surface area contributed by atoms with Gasteiger partial charge in [-0.2, -0.15) is 5.43 Å². The second-order valence-electron chi connectivity index (χ2n) is 10.5. The van der Waals surface area contributed by atoms with Crippen LogP contribution in [0.4, 0.5) is 4.79 Å². The van der Waals surface area contributed by atoms with Crippen LogP contribution in [-0.4, -0.2) is 70.0 Å². The molecule has 0 aromatic rings. The van der Waals surface area contributed by atoms with E-state index in [1.54, 1.807) is 9.80 Å². The molecule has 0 spiro atoms. The molecule has 0 aromatic heterocycles. The number of hydrazine groups is 1. The second-order valence-corrected chi connectivity index (χ2v) is 10.5. The van der Waals surface area contributed by atoms with Crippen LogP contribution in [0.1, 0.15) is 71.6 Å². The molecule has 2 saturated heterocycles. The number of hydrogen-bond acceptors (Lipinski definition) is 5. The number of fused-ring (bicyclic) bond motifs is 3. The van der Waals surface area contributed by atoms with E-state index in [1.807, 2.05) is 0 Å². The van der Waals surface area contributed by atoms with Crippen LogP contribution in [0, 0.1) is 17.8 Å². The minimum atomic E-state index is -0.649. The number of hydrogen-bond donors (Lipinski definition) is 3. The van der Waals surface area contributed by atoms with Crippen molar-refractivity contribution in [1.82, 2.24) is 25.6 Å². The van der Waals surface area contributed by atoms with Gasteiger partial charge in [-0.3, -0.25) is 19.3 Å². The molecular formula is C23H38N6O4. The van der Waals surface area contributed by atoms with Crippen molar-refractivity contribution < 1.29 is 19.2 Å². The molecule has 5 amide bonds. The molecule has 2 aliphatic heterocycles. The molecule has 4 aliphatic rings. The summed E-state index contributed by atoms with van der Waals surface area (Å²) >= 11 is 0. The summed E-state index contributed by atoms with van der Waals surface area (Å²) in [5.74, 6) is -0.703. The number of rotatable bonds is 7. The molecule has 33 heavy (non-hydrogen) atoms. The molecule has 2 aliphatic carbocycles. The summed E-state index contributed by atoms with van der Waals surface area (Å²) in [6.45, 7) is 4.45. The number of nitrogens with one attached hydrogen (secondary N) is 2. The zero-order valence-corrected chi connectivity index (χ0v) is 19.8. The Hall–Kier alpha value is -2.36. The first-order valence-electron chi connectivity index (χ1n) is 12.5. The molecule has 0 radical (unpaired) electrons. The smallest absolute Gasteiger partial charge is 0.337 e. The minimum Gasteiger partial charge on any atom is -0.368 e. The third-order valence-electron chi connectivity index (χ3n) is 7.64. The van der Waals surface area contributed by atoms with Crippen LogP contribution >= 0.6 is 0 Å². The van der Waals surface area contributed by atoms with Crippen molar-refractivity contribution in [3.8, 4) is 0 Å². The maximum atomic E-state index is 13.5. The van der Waals surface area contributed by atoms with Gasteiger partial charge in [0, 0.05) is 24.5 Å². The lowest BCUT2D eigenvalue weighted by Crippen LogP contribution is -2.67. The van der Waals surface area contributed by atoms with Gasteiger partial charge in [-0.15, -0.1) is 0 Å². The predicted molar refractivity (Wildman–Crippen MR) is 121 cm³/mol. The monoisotopic (exact) mass is 462 g/mol. The van der Waals surface area contributed by atoms with Crippen LogP contribution in [0.15, 0.2) is 0 Å². The van der Waals surface area contributed by atoms with E-state index in [0.29, 0.717) is 31.7 Å². The van der Waals surface area contributed by atoms with Crippen molar-refractivity contribution in [2.75, 3.05) is 13.1 Å². The molecule has 2 heterocycles. The Labute approximate surface area is 195 Å². The average Bonchev–Trinajstić information content (AvgIpc) is 3.09. The van der Waals surface area contributed by atoms with Crippen molar-refractivity contribution in [3.63, 3.8) is 0 Å². The van der Waals surface area contributed by atoms with Gasteiger partial charge in [-0.25, -0.2) is 9.80 Å². The molecule has 4 fully saturated rings. The zero-order chi connectivity index (χ0) is 23.7. The fourth-order valence-electron chi connectivity index (χ4n) is 5.82. The average molecular weight is 463 g/mol. The fraction of sp³-hybridized carbons (Fsp3) is 0.826. The Morgan fingerprint density at radius 2 is 1.85 bits per heavy atom. The maximum absolute atomic E-state index is 13.5. The summed E-state index contributed by atoms with van der Waals surface area (Å²) in [4.78, 5) is 54.7. The van der Waals surface area contributed by atoms with E-state index in [9.17, 15) is 19.2 Å². The number of amides is 5. The molecule has 184 valence electrons. The number of nitrogens with two attached hydrogens (primary N) is 1. The number of carbonyl (C=O) groups is 4.